The van der Waals surface area contributed by atoms with E-state index in [1.54, 1.807) is 55.5 Å². The normalized spacial score (nSPS) is 14.1. The minimum atomic E-state index is -4.88. The second kappa shape index (κ2) is 10.8. The van der Waals surface area contributed by atoms with Crippen molar-refractivity contribution in [2.45, 2.75) is 13.1 Å². The van der Waals surface area contributed by atoms with Crippen LogP contribution >= 0.6 is 0 Å². The summed E-state index contributed by atoms with van der Waals surface area (Å²) in [6.45, 7) is 2.20. The van der Waals surface area contributed by atoms with Crippen LogP contribution in [-0.2, 0) is 9.59 Å². The van der Waals surface area contributed by atoms with Gasteiger partial charge in [-0.25, -0.2) is 0 Å². The number of furan rings is 1. The van der Waals surface area contributed by atoms with Crippen LogP contribution in [0.25, 0.3) is 17.4 Å². The SMILES string of the molecule is Cc1ccc(-c2ccc(/C=C/C(=O)Nc3ccc(N4CCN(C(=O)C(F)(F)F)CC4)cc3)o2)c([N+](=O)[O-])c1. The highest BCUT2D eigenvalue weighted by Crippen LogP contribution is 2.32. The van der Waals surface area contributed by atoms with Crippen LogP contribution in [0.5, 0.6) is 0 Å². The Kier molecular flexibility index (Phi) is 7.51. The van der Waals surface area contributed by atoms with Gasteiger partial charge in [0.2, 0.25) is 5.91 Å². The van der Waals surface area contributed by atoms with Crippen LogP contribution in [0.15, 0.2) is 65.1 Å². The van der Waals surface area contributed by atoms with Gasteiger partial charge in [0.25, 0.3) is 5.69 Å². The highest BCUT2D eigenvalue weighted by molar-refractivity contribution is 6.01. The fourth-order valence-corrected chi connectivity index (χ4v) is 4.03. The van der Waals surface area contributed by atoms with E-state index in [1.807, 2.05) is 4.90 Å². The summed E-state index contributed by atoms with van der Waals surface area (Å²) >= 11 is 0. The first-order valence-corrected chi connectivity index (χ1v) is 11.6. The second-order valence-electron chi connectivity index (χ2n) is 8.63. The van der Waals surface area contributed by atoms with Crippen molar-refractivity contribution < 1.29 is 32.1 Å². The van der Waals surface area contributed by atoms with E-state index in [4.69, 9.17) is 4.42 Å². The maximum atomic E-state index is 12.6. The molecule has 9 nitrogen and oxygen atoms in total. The van der Waals surface area contributed by atoms with Crippen LogP contribution in [0.2, 0.25) is 0 Å². The van der Waals surface area contributed by atoms with Gasteiger partial charge in [-0.3, -0.25) is 19.7 Å². The standard InChI is InChI=1S/C26H23F3N4O5/c1-17-2-9-21(22(16-17)33(36)37)23-10-7-20(38-23)8-11-24(34)30-18-3-5-19(6-4-18)31-12-14-32(15-13-31)25(35)26(27,28)29/h2-11,16H,12-15H2,1H3,(H,30,34)/b11-8+. The number of piperazine rings is 1. The van der Waals surface area contributed by atoms with Gasteiger partial charge in [-0.1, -0.05) is 6.07 Å². The molecule has 2 aromatic carbocycles. The topological polar surface area (TPSA) is 109 Å². The lowest BCUT2D eigenvalue weighted by Gasteiger charge is -2.36. The van der Waals surface area contributed by atoms with Crippen molar-refractivity contribution in [1.82, 2.24) is 4.90 Å². The summed E-state index contributed by atoms with van der Waals surface area (Å²) in [4.78, 5) is 37.3. The van der Waals surface area contributed by atoms with Crippen LogP contribution in [0.1, 0.15) is 11.3 Å². The summed E-state index contributed by atoms with van der Waals surface area (Å²) in [5.41, 5.74) is 2.26. The Morgan fingerprint density at radius 2 is 1.71 bits per heavy atom. The molecule has 4 rings (SSSR count). The number of anilines is 2. The number of nitro groups is 1. The maximum absolute atomic E-state index is 12.6. The first kappa shape index (κ1) is 26.5. The minimum absolute atomic E-state index is 0.0343. The second-order valence-corrected chi connectivity index (χ2v) is 8.63. The van der Waals surface area contributed by atoms with E-state index in [-0.39, 0.29) is 31.9 Å². The summed E-state index contributed by atoms with van der Waals surface area (Å²) in [6, 6.07) is 14.8. The minimum Gasteiger partial charge on any atom is -0.456 e. The Bertz CT molecular complexity index is 1370. The molecule has 0 bridgehead atoms. The van der Waals surface area contributed by atoms with Crippen molar-refractivity contribution in [3.8, 4) is 11.3 Å². The van der Waals surface area contributed by atoms with Crippen LogP contribution < -0.4 is 10.2 Å². The predicted octanol–water partition coefficient (Wildman–Crippen LogP) is 5.03. The van der Waals surface area contributed by atoms with Crippen LogP contribution in [0.3, 0.4) is 0 Å². The molecular weight excluding hydrogens is 505 g/mol. The number of hydrogen-bond donors (Lipinski definition) is 1. The average molecular weight is 528 g/mol. The summed E-state index contributed by atoms with van der Waals surface area (Å²) in [5.74, 6) is -1.62. The molecule has 0 saturated carbocycles. The van der Waals surface area contributed by atoms with Crippen molar-refractivity contribution in [2.75, 3.05) is 36.4 Å². The average Bonchev–Trinajstić information content (AvgIpc) is 3.36. The quantitative estimate of drug-likeness (QED) is 0.273. The lowest BCUT2D eigenvalue weighted by molar-refractivity contribution is -0.384. The summed E-state index contributed by atoms with van der Waals surface area (Å²) in [6.07, 6.45) is -2.18. The molecule has 0 aliphatic carbocycles. The molecule has 1 aromatic heterocycles. The van der Waals surface area contributed by atoms with Gasteiger partial charge in [0.15, 0.2) is 0 Å². The zero-order valence-electron chi connectivity index (χ0n) is 20.2. The van der Waals surface area contributed by atoms with E-state index in [2.05, 4.69) is 5.32 Å². The van der Waals surface area contributed by atoms with E-state index in [0.29, 0.717) is 22.8 Å². The highest BCUT2D eigenvalue weighted by Gasteiger charge is 2.43. The van der Waals surface area contributed by atoms with Gasteiger partial charge < -0.3 is 19.5 Å². The van der Waals surface area contributed by atoms with E-state index < -0.39 is 22.9 Å². The molecule has 0 radical (unpaired) electrons. The number of alkyl halides is 3. The van der Waals surface area contributed by atoms with Crippen molar-refractivity contribution in [1.29, 1.82) is 0 Å². The third-order valence-corrected chi connectivity index (χ3v) is 5.95. The molecule has 1 fully saturated rings. The Morgan fingerprint density at radius 1 is 1.03 bits per heavy atom. The molecule has 1 saturated heterocycles. The molecule has 38 heavy (non-hydrogen) atoms. The number of halogens is 3. The molecule has 0 spiro atoms. The number of nitrogens with one attached hydrogen (secondary N) is 1. The van der Waals surface area contributed by atoms with Gasteiger partial charge >= 0.3 is 12.1 Å². The van der Waals surface area contributed by atoms with Crippen LogP contribution in [0.4, 0.5) is 30.2 Å². The fourth-order valence-electron chi connectivity index (χ4n) is 4.03. The third-order valence-electron chi connectivity index (χ3n) is 5.95. The van der Waals surface area contributed by atoms with Crippen molar-refractivity contribution in [2.24, 2.45) is 0 Å². The maximum Gasteiger partial charge on any atom is 0.471 e. The fraction of sp³-hybridized carbons (Fsp3) is 0.231. The number of hydrogen-bond acceptors (Lipinski definition) is 6. The molecule has 0 unspecified atom stereocenters. The summed E-state index contributed by atoms with van der Waals surface area (Å²) in [5, 5.41) is 14.1. The molecule has 2 heterocycles. The van der Waals surface area contributed by atoms with Gasteiger partial charge in [0.05, 0.1) is 10.5 Å². The predicted molar refractivity (Wildman–Crippen MR) is 134 cm³/mol. The Hall–Kier alpha value is -4.61. The van der Waals surface area contributed by atoms with Gasteiger partial charge in [-0.15, -0.1) is 0 Å². The van der Waals surface area contributed by atoms with Crippen molar-refractivity contribution in [3.05, 3.63) is 82.1 Å². The largest absolute Gasteiger partial charge is 0.471 e. The van der Waals surface area contributed by atoms with E-state index in [1.165, 1.54) is 18.2 Å². The third kappa shape index (κ3) is 6.20. The molecular formula is C26H23F3N4O5. The van der Waals surface area contributed by atoms with E-state index in [9.17, 15) is 32.9 Å². The molecule has 2 amide bonds. The molecule has 3 aromatic rings. The lowest BCUT2D eigenvalue weighted by Crippen LogP contribution is -2.52. The zero-order valence-corrected chi connectivity index (χ0v) is 20.2. The van der Waals surface area contributed by atoms with Crippen molar-refractivity contribution >= 4 is 35.0 Å². The van der Waals surface area contributed by atoms with Crippen LogP contribution in [-0.4, -0.2) is 54.0 Å². The number of benzene rings is 2. The van der Waals surface area contributed by atoms with Gasteiger partial charge in [-0.2, -0.15) is 13.2 Å². The van der Waals surface area contributed by atoms with Crippen molar-refractivity contribution in [3.63, 3.8) is 0 Å². The number of amides is 2. The number of carbonyl (C=O) groups is 2. The van der Waals surface area contributed by atoms with Gasteiger partial charge in [-0.05, 0) is 61.0 Å². The smallest absolute Gasteiger partial charge is 0.456 e. The monoisotopic (exact) mass is 528 g/mol. The number of rotatable bonds is 6. The first-order valence-electron chi connectivity index (χ1n) is 11.6. The Morgan fingerprint density at radius 3 is 2.34 bits per heavy atom. The number of nitro benzene ring substituents is 1. The first-order chi connectivity index (χ1) is 18.0. The van der Waals surface area contributed by atoms with Gasteiger partial charge in [0.1, 0.15) is 11.5 Å². The molecule has 1 aliphatic rings. The van der Waals surface area contributed by atoms with E-state index >= 15 is 0 Å². The Labute approximate surface area is 215 Å². The Balaban J connectivity index is 1.33. The molecule has 12 heteroatoms. The number of nitrogens with zero attached hydrogens (tertiary/aromatic N) is 3. The van der Waals surface area contributed by atoms with E-state index in [0.717, 1.165) is 16.2 Å². The van der Waals surface area contributed by atoms with Gasteiger partial charge in [0, 0.05) is 49.7 Å². The lowest BCUT2D eigenvalue weighted by atomic mass is 10.1. The van der Waals surface area contributed by atoms with Crippen LogP contribution in [0, 0.1) is 17.0 Å². The zero-order chi connectivity index (χ0) is 27.4. The highest BCUT2D eigenvalue weighted by atomic mass is 19.4. The molecule has 198 valence electrons. The molecule has 1 N–H and O–H groups in total. The number of carbonyl (C=O) groups excluding carboxylic acids is 2. The molecule has 0 atom stereocenters. The number of aryl methyl sites for hydroxylation is 1. The summed E-state index contributed by atoms with van der Waals surface area (Å²) < 4.78 is 43.5. The molecule has 1 aliphatic heterocycles. The summed E-state index contributed by atoms with van der Waals surface area (Å²) in [7, 11) is 0.